The van der Waals surface area contributed by atoms with E-state index in [4.69, 9.17) is 10.8 Å². The Labute approximate surface area is 91.7 Å². The van der Waals surface area contributed by atoms with E-state index >= 15 is 0 Å². The van der Waals surface area contributed by atoms with Crippen LogP contribution in [-0.4, -0.2) is 25.4 Å². The number of fused-ring (bicyclic) bond motifs is 1. The summed E-state index contributed by atoms with van der Waals surface area (Å²) in [6.07, 6.45) is 1.46. The SMILES string of the molecule is Cc1nc2nc(C(=O)O)cn2c(C)c1CN. The van der Waals surface area contributed by atoms with E-state index in [-0.39, 0.29) is 5.69 Å². The maximum Gasteiger partial charge on any atom is 0.356 e. The van der Waals surface area contributed by atoms with Crippen LogP contribution in [0.15, 0.2) is 6.20 Å². The Hall–Kier alpha value is -1.95. The molecule has 2 rings (SSSR count). The summed E-state index contributed by atoms with van der Waals surface area (Å²) in [5.74, 6) is -0.665. The van der Waals surface area contributed by atoms with Crippen LogP contribution in [0.5, 0.6) is 0 Å². The first-order valence-electron chi connectivity index (χ1n) is 4.83. The summed E-state index contributed by atoms with van der Waals surface area (Å²) in [6.45, 7) is 4.09. The van der Waals surface area contributed by atoms with Crippen molar-refractivity contribution in [1.82, 2.24) is 14.4 Å². The fraction of sp³-hybridized carbons (Fsp3) is 0.300. The molecule has 6 nitrogen and oxygen atoms in total. The molecule has 0 saturated heterocycles. The van der Waals surface area contributed by atoms with Crippen LogP contribution < -0.4 is 5.73 Å². The van der Waals surface area contributed by atoms with Gasteiger partial charge in [-0.15, -0.1) is 0 Å². The molecular weight excluding hydrogens is 208 g/mol. The number of nitrogens with two attached hydrogens (primary N) is 1. The number of imidazole rings is 1. The molecule has 0 aliphatic heterocycles. The van der Waals surface area contributed by atoms with E-state index in [1.54, 1.807) is 4.40 Å². The predicted molar refractivity (Wildman–Crippen MR) is 57.3 cm³/mol. The normalized spacial score (nSPS) is 10.9. The van der Waals surface area contributed by atoms with Gasteiger partial charge >= 0.3 is 5.97 Å². The molecule has 3 N–H and O–H groups in total. The monoisotopic (exact) mass is 220 g/mol. The summed E-state index contributed by atoms with van der Waals surface area (Å²) in [7, 11) is 0. The largest absolute Gasteiger partial charge is 0.476 e. The van der Waals surface area contributed by atoms with Crippen molar-refractivity contribution < 1.29 is 9.90 Å². The number of hydrogen-bond acceptors (Lipinski definition) is 4. The predicted octanol–water partition coefficient (Wildman–Crippen LogP) is 0.503. The van der Waals surface area contributed by atoms with Crippen molar-refractivity contribution in [3.8, 4) is 0 Å². The second-order valence-electron chi connectivity index (χ2n) is 3.57. The number of carboxylic acid groups (broad SMARTS) is 1. The number of carbonyl (C=O) groups is 1. The molecule has 0 atom stereocenters. The molecule has 0 radical (unpaired) electrons. The zero-order valence-corrected chi connectivity index (χ0v) is 9.06. The van der Waals surface area contributed by atoms with Crippen LogP contribution in [0.3, 0.4) is 0 Å². The molecular formula is C10H12N4O2. The Bertz CT molecular complexity index is 574. The number of aryl methyl sites for hydroxylation is 2. The standard InChI is InChI=1S/C10H12N4O2/c1-5-7(3-11)6(2)14-4-8(9(15)16)13-10(14)12-5/h4H,3,11H2,1-2H3,(H,15,16). The Morgan fingerprint density at radius 2 is 2.19 bits per heavy atom. The molecule has 0 amide bonds. The molecule has 84 valence electrons. The molecule has 0 fully saturated rings. The molecule has 0 aliphatic carbocycles. The fourth-order valence-corrected chi connectivity index (χ4v) is 1.72. The van der Waals surface area contributed by atoms with Gasteiger partial charge in [0.2, 0.25) is 5.78 Å². The second-order valence-corrected chi connectivity index (χ2v) is 3.57. The number of aromatic nitrogens is 3. The van der Waals surface area contributed by atoms with Crippen LogP contribution in [0, 0.1) is 13.8 Å². The molecule has 0 unspecified atom stereocenters. The smallest absolute Gasteiger partial charge is 0.356 e. The number of aromatic carboxylic acids is 1. The minimum Gasteiger partial charge on any atom is -0.476 e. The highest BCUT2D eigenvalue weighted by Crippen LogP contribution is 2.14. The first-order valence-corrected chi connectivity index (χ1v) is 4.83. The maximum absolute atomic E-state index is 10.8. The van der Waals surface area contributed by atoms with E-state index in [0.29, 0.717) is 12.3 Å². The van der Waals surface area contributed by atoms with Crippen LogP contribution in [0.4, 0.5) is 0 Å². The van der Waals surface area contributed by atoms with Crippen molar-refractivity contribution in [2.45, 2.75) is 20.4 Å². The first-order chi connectivity index (χ1) is 7.54. The van der Waals surface area contributed by atoms with E-state index in [1.807, 2.05) is 13.8 Å². The van der Waals surface area contributed by atoms with Gasteiger partial charge in [-0.1, -0.05) is 0 Å². The van der Waals surface area contributed by atoms with Gasteiger partial charge in [0.05, 0.1) is 0 Å². The minimum atomic E-state index is -1.06. The van der Waals surface area contributed by atoms with Gasteiger partial charge in [-0.05, 0) is 13.8 Å². The molecule has 16 heavy (non-hydrogen) atoms. The lowest BCUT2D eigenvalue weighted by atomic mass is 10.2. The molecule has 0 aromatic carbocycles. The molecule has 0 aliphatic rings. The average Bonchev–Trinajstić information content (AvgIpc) is 2.62. The Morgan fingerprint density at radius 3 is 2.75 bits per heavy atom. The van der Waals surface area contributed by atoms with Gasteiger partial charge in [0.25, 0.3) is 0 Å². The van der Waals surface area contributed by atoms with E-state index in [0.717, 1.165) is 17.0 Å². The Balaban J connectivity index is 2.78. The van der Waals surface area contributed by atoms with E-state index < -0.39 is 5.97 Å². The summed E-state index contributed by atoms with van der Waals surface area (Å²) in [4.78, 5) is 18.9. The highest BCUT2D eigenvalue weighted by Gasteiger charge is 2.13. The molecule has 6 heteroatoms. The third-order valence-electron chi connectivity index (χ3n) is 2.61. The zero-order chi connectivity index (χ0) is 11.9. The summed E-state index contributed by atoms with van der Waals surface area (Å²) < 4.78 is 1.65. The van der Waals surface area contributed by atoms with Gasteiger partial charge in [0.1, 0.15) is 0 Å². The molecule has 0 spiro atoms. The van der Waals surface area contributed by atoms with Crippen molar-refractivity contribution in [2.75, 3.05) is 0 Å². The quantitative estimate of drug-likeness (QED) is 0.768. The third kappa shape index (κ3) is 1.43. The van der Waals surface area contributed by atoms with Gasteiger partial charge in [0, 0.05) is 29.7 Å². The Morgan fingerprint density at radius 1 is 1.50 bits per heavy atom. The first kappa shape index (κ1) is 10.6. The topological polar surface area (TPSA) is 93.5 Å². The number of hydrogen-bond donors (Lipinski definition) is 2. The summed E-state index contributed by atoms with van der Waals surface area (Å²) >= 11 is 0. The lowest BCUT2D eigenvalue weighted by Gasteiger charge is -2.08. The third-order valence-corrected chi connectivity index (χ3v) is 2.61. The van der Waals surface area contributed by atoms with Crippen LogP contribution in [0.2, 0.25) is 0 Å². The van der Waals surface area contributed by atoms with Crippen molar-refractivity contribution in [3.63, 3.8) is 0 Å². The van der Waals surface area contributed by atoms with Crippen LogP contribution >= 0.6 is 0 Å². The fourth-order valence-electron chi connectivity index (χ4n) is 1.72. The Kier molecular flexibility index (Phi) is 2.35. The highest BCUT2D eigenvalue weighted by atomic mass is 16.4. The molecule has 2 aromatic heterocycles. The van der Waals surface area contributed by atoms with Gasteiger partial charge in [-0.25, -0.2) is 14.8 Å². The lowest BCUT2D eigenvalue weighted by molar-refractivity contribution is 0.0691. The second kappa shape index (κ2) is 3.57. The molecule has 2 heterocycles. The minimum absolute atomic E-state index is 0.0100. The van der Waals surface area contributed by atoms with Crippen LogP contribution in [0.1, 0.15) is 27.4 Å². The summed E-state index contributed by atoms with van der Waals surface area (Å²) in [5.41, 5.74) is 8.19. The van der Waals surface area contributed by atoms with Crippen molar-refractivity contribution in [3.05, 3.63) is 28.8 Å². The number of rotatable bonds is 2. The van der Waals surface area contributed by atoms with Gasteiger partial charge < -0.3 is 10.8 Å². The van der Waals surface area contributed by atoms with Crippen molar-refractivity contribution in [2.24, 2.45) is 5.73 Å². The van der Waals surface area contributed by atoms with E-state index in [1.165, 1.54) is 6.20 Å². The molecule has 2 aromatic rings. The summed E-state index contributed by atoms with van der Waals surface area (Å²) in [5, 5.41) is 8.84. The van der Waals surface area contributed by atoms with Gasteiger partial charge in [-0.2, -0.15) is 0 Å². The molecule has 0 saturated carbocycles. The zero-order valence-electron chi connectivity index (χ0n) is 9.06. The number of nitrogens with zero attached hydrogens (tertiary/aromatic N) is 3. The molecule has 0 bridgehead atoms. The lowest BCUT2D eigenvalue weighted by Crippen LogP contribution is -2.08. The van der Waals surface area contributed by atoms with E-state index in [9.17, 15) is 4.79 Å². The highest BCUT2D eigenvalue weighted by molar-refractivity contribution is 5.85. The van der Waals surface area contributed by atoms with Crippen LogP contribution in [0.25, 0.3) is 5.78 Å². The van der Waals surface area contributed by atoms with Crippen LogP contribution in [-0.2, 0) is 6.54 Å². The maximum atomic E-state index is 10.8. The average molecular weight is 220 g/mol. The van der Waals surface area contributed by atoms with Gasteiger partial charge in [-0.3, -0.25) is 4.40 Å². The van der Waals surface area contributed by atoms with Crippen molar-refractivity contribution in [1.29, 1.82) is 0 Å². The van der Waals surface area contributed by atoms with E-state index in [2.05, 4.69) is 9.97 Å². The summed E-state index contributed by atoms with van der Waals surface area (Å²) in [6, 6.07) is 0. The number of carboxylic acids is 1. The van der Waals surface area contributed by atoms with Crippen molar-refractivity contribution >= 4 is 11.7 Å². The van der Waals surface area contributed by atoms with Gasteiger partial charge in [0.15, 0.2) is 5.69 Å².